The molecule has 0 amide bonds. The minimum absolute atomic E-state index is 0.0182. The largest absolute Gasteiger partial charge is 0.449 e. The summed E-state index contributed by atoms with van der Waals surface area (Å²) in [5.74, 6) is 0.787. The third kappa shape index (κ3) is 12.8. The average Bonchev–Trinajstić information content (AvgIpc) is 2.44. The van der Waals surface area contributed by atoms with Crippen molar-refractivity contribution in [2.24, 2.45) is 5.92 Å². The maximum atomic E-state index is 11.1. The second-order valence-corrected chi connectivity index (χ2v) is 5.92. The van der Waals surface area contributed by atoms with Gasteiger partial charge in [-0.15, -0.1) is 0 Å². The maximum absolute atomic E-state index is 11.1. The van der Waals surface area contributed by atoms with Crippen LogP contribution in [0.15, 0.2) is 0 Å². The molecule has 0 radical (unpaired) electrons. The topological polar surface area (TPSA) is 26.3 Å². The normalized spacial score (nSPS) is 12.3. The summed E-state index contributed by atoms with van der Waals surface area (Å²) in [6, 6.07) is -0.0182. The van der Waals surface area contributed by atoms with Crippen molar-refractivity contribution >= 4 is 17.6 Å². The average molecular weight is 305 g/mol. The lowest BCUT2D eigenvalue weighted by Gasteiger charge is -2.12. The Labute approximate surface area is 130 Å². The summed E-state index contributed by atoms with van der Waals surface area (Å²) in [7, 11) is 0. The first kappa shape index (κ1) is 19.8. The molecule has 0 fully saturated rings. The van der Waals surface area contributed by atoms with Gasteiger partial charge in [0.2, 0.25) is 0 Å². The van der Waals surface area contributed by atoms with Crippen molar-refractivity contribution in [2.45, 2.75) is 90.9 Å². The van der Waals surface area contributed by atoms with Crippen LogP contribution in [0.5, 0.6) is 0 Å². The number of hydrogen-bond acceptors (Lipinski definition) is 2. The lowest BCUT2D eigenvalue weighted by Crippen LogP contribution is -2.02. The molecule has 0 rings (SSSR count). The quantitative estimate of drug-likeness (QED) is 0.221. The predicted molar refractivity (Wildman–Crippen MR) is 87.1 cm³/mol. The Kier molecular flexibility index (Phi) is 15.0. The molecule has 1 unspecified atom stereocenters. The number of carbonyl (C=O) groups is 1. The van der Waals surface area contributed by atoms with Crippen LogP contribution in [0.2, 0.25) is 0 Å². The lowest BCUT2D eigenvalue weighted by atomic mass is 9.94. The zero-order valence-corrected chi connectivity index (χ0v) is 14.2. The third-order valence-corrected chi connectivity index (χ3v) is 4.09. The van der Waals surface area contributed by atoms with Gasteiger partial charge in [0.25, 0.3) is 0 Å². The first-order valence-corrected chi connectivity index (χ1v) is 8.99. The molecule has 0 spiro atoms. The van der Waals surface area contributed by atoms with Crippen LogP contribution in [0.1, 0.15) is 90.9 Å². The van der Waals surface area contributed by atoms with Gasteiger partial charge in [0.05, 0.1) is 0 Å². The van der Waals surface area contributed by atoms with Crippen molar-refractivity contribution < 1.29 is 9.53 Å². The highest BCUT2D eigenvalue weighted by molar-refractivity contribution is 6.17. The number of alkyl halides is 1. The van der Waals surface area contributed by atoms with Crippen LogP contribution in [-0.4, -0.2) is 12.0 Å². The highest BCUT2D eigenvalue weighted by atomic mass is 35.5. The van der Waals surface area contributed by atoms with Gasteiger partial charge in [0, 0.05) is 6.42 Å². The molecular formula is C17H33ClO2. The Morgan fingerprint density at radius 2 is 1.55 bits per heavy atom. The molecule has 0 bridgehead atoms. The number of unbranched alkanes of at least 4 members (excludes halogenated alkanes) is 6. The number of carbonyl (C=O) groups excluding carboxylic acids is 1. The van der Waals surface area contributed by atoms with E-state index in [2.05, 4.69) is 18.6 Å². The smallest absolute Gasteiger partial charge is 0.306 e. The first-order chi connectivity index (χ1) is 9.74. The van der Waals surface area contributed by atoms with Gasteiger partial charge in [0.15, 0.2) is 6.07 Å². The van der Waals surface area contributed by atoms with E-state index in [0.717, 1.165) is 18.8 Å². The van der Waals surface area contributed by atoms with Gasteiger partial charge in [0.1, 0.15) is 0 Å². The second-order valence-electron chi connectivity index (χ2n) is 5.70. The summed E-state index contributed by atoms with van der Waals surface area (Å²) in [5.41, 5.74) is 0. The molecule has 0 N–H and O–H groups in total. The van der Waals surface area contributed by atoms with Crippen molar-refractivity contribution in [1.82, 2.24) is 0 Å². The molecular weight excluding hydrogens is 272 g/mol. The molecule has 0 heterocycles. The summed E-state index contributed by atoms with van der Waals surface area (Å²) in [6.45, 7) is 4.60. The molecule has 0 saturated heterocycles. The number of ether oxygens (including phenoxy) is 1. The van der Waals surface area contributed by atoms with E-state index in [1.807, 2.05) is 0 Å². The van der Waals surface area contributed by atoms with E-state index in [4.69, 9.17) is 11.6 Å². The van der Waals surface area contributed by atoms with Gasteiger partial charge in [-0.25, -0.2) is 0 Å². The van der Waals surface area contributed by atoms with Crippen molar-refractivity contribution in [3.05, 3.63) is 0 Å². The Hall–Kier alpha value is -0.240. The van der Waals surface area contributed by atoms with E-state index in [9.17, 15) is 4.79 Å². The van der Waals surface area contributed by atoms with E-state index < -0.39 is 0 Å². The molecule has 0 aromatic carbocycles. The van der Waals surface area contributed by atoms with E-state index in [0.29, 0.717) is 6.42 Å². The van der Waals surface area contributed by atoms with Gasteiger partial charge in [-0.2, -0.15) is 0 Å². The Bertz CT molecular complexity index is 219. The Morgan fingerprint density at radius 3 is 2.10 bits per heavy atom. The van der Waals surface area contributed by atoms with Crippen LogP contribution < -0.4 is 0 Å². The number of halogens is 1. The van der Waals surface area contributed by atoms with Crippen LogP contribution in [0, 0.1) is 5.92 Å². The standard InChI is InChI=1S/C17H33ClO2/c1-3-12-16(4-2)13-10-8-6-5-7-9-11-14-17(19)20-15-18/h16H,3-15H2,1-2H3. The van der Waals surface area contributed by atoms with Crippen LogP contribution in [-0.2, 0) is 9.53 Å². The molecule has 0 aliphatic carbocycles. The summed E-state index contributed by atoms with van der Waals surface area (Å²) in [6.07, 6.45) is 14.7. The monoisotopic (exact) mass is 304 g/mol. The fourth-order valence-corrected chi connectivity index (χ4v) is 2.80. The molecule has 2 nitrogen and oxygen atoms in total. The highest BCUT2D eigenvalue weighted by Crippen LogP contribution is 2.19. The van der Waals surface area contributed by atoms with Gasteiger partial charge >= 0.3 is 5.97 Å². The van der Waals surface area contributed by atoms with E-state index in [-0.39, 0.29) is 12.0 Å². The minimum Gasteiger partial charge on any atom is -0.449 e. The minimum atomic E-state index is -0.165. The molecule has 0 aromatic heterocycles. The van der Waals surface area contributed by atoms with Crippen LogP contribution in [0.25, 0.3) is 0 Å². The molecule has 0 aromatic rings. The Balaban J connectivity index is 3.22. The van der Waals surface area contributed by atoms with Crippen LogP contribution >= 0.6 is 11.6 Å². The number of hydrogen-bond donors (Lipinski definition) is 0. The third-order valence-electron chi connectivity index (χ3n) is 3.98. The number of rotatable bonds is 14. The SMILES string of the molecule is CCCC(CC)CCCCCCCCCC(=O)OCCl. The van der Waals surface area contributed by atoms with Gasteiger partial charge in [-0.05, 0) is 12.3 Å². The second kappa shape index (κ2) is 15.2. The van der Waals surface area contributed by atoms with Gasteiger partial charge < -0.3 is 4.74 Å². The first-order valence-electron chi connectivity index (χ1n) is 8.46. The fourth-order valence-electron chi connectivity index (χ4n) is 2.68. The van der Waals surface area contributed by atoms with E-state index in [1.165, 1.54) is 57.8 Å². The van der Waals surface area contributed by atoms with Crippen molar-refractivity contribution in [2.75, 3.05) is 6.07 Å². The molecule has 3 heteroatoms. The predicted octanol–water partition coefficient (Wildman–Crippen LogP) is 6.06. The molecule has 0 aliphatic rings. The summed E-state index contributed by atoms with van der Waals surface area (Å²) < 4.78 is 4.68. The molecule has 0 aliphatic heterocycles. The summed E-state index contributed by atoms with van der Waals surface area (Å²) in [4.78, 5) is 11.1. The summed E-state index contributed by atoms with van der Waals surface area (Å²) in [5, 5.41) is 0. The van der Waals surface area contributed by atoms with Crippen LogP contribution in [0.4, 0.5) is 0 Å². The zero-order valence-electron chi connectivity index (χ0n) is 13.5. The fraction of sp³-hybridized carbons (Fsp3) is 0.941. The van der Waals surface area contributed by atoms with Crippen molar-refractivity contribution in [1.29, 1.82) is 0 Å². The molecule has 20 heavy (non-hydrogen) atoms. The van der Waals surface area contributed by atoms with Gasteiger partial charge in [-0.3, -0.25) is 4.79 Å². The highest BCUT2D eigenvalue weighted by Gasteiger charge is 2.04. The zero-order chi connectivity index (χ0) is 15.1. The maximum Gasteiger partial charge on any atom is 0.306 e. The van der Waals surface area contributed by atoms with E-state index >= 15 is 0 Å². The lowest BCUT2D eigenvalue weighted by molar-refractivity contribution is -0.141. The van der Waals surface area contributed by atoms with E-state index in [1.54, 1.807) is 0 Å². The summed E-state index contributed by atoms with van der Waals surface area (Å²) >= 11 is 5.32. The Morgan fingerprint density at radius 1 is 0.950 bits per heavy atom. The van der Waals surface area contributed by atoms with Gasteiger partial charge in [-0.1, -0.05) is 89.7 Å². The number of esters is 1. The van der Waals surface area contributed by atoms with Crippen molar-refractivity contribution in [3.63, 3.8) is 0 Å². The molecule has 0 saturated carbocycles. The molecule has 1 atom stereocenters. The van der Waals surface area contributed by atoms with Crippen molar-refractivity contribution in [3.8, 4) is 0 Å². The molecule has 120 valence electrons. The van der Waals surface area contributed by atoms with Crippen LogP contribution in [0.3, 0.4) is 0 Å².